The van der Waals surface area contributed by atoms with E-state index >= 15 is 0 Å². The molecule has 0 aliphatic carbocycles. The van der Waals surface area contributed by atoms with Gasteiger partial charge in [0.1, 0.15) is 0 Å². The number of aliphatic hydroxyl groups is 1. The molecule has 0 aliphatic heterocycles. The molecule has 0 radical (unpaired) electrons. The predicted molar refractivity (Wildman–Crippen MR) is 78.0 cm³/mol. The molecule has 0 aliphatic rings. The van der Waals surface area contributed by atoms with Gasteiger partial charge in [-0.25, -0.2) is 0 Å². The van der Waals surface area contributed by atoms with Crippen molar-refractivity contribution in [2.24, 2.45) is 0 Å². The highest BCUT2D eigenvalue weighted by atomic mass is 79.9. The first kappa shape index (κ1) is 16.1. The Labute approximate surface area is 121 Å². The average Bonchev–Trinajstić information content (AvgIpc) is 2.42. The van der Waals surface area contributed by atoms with Crippen LogP contribution in [0.25, 0.3) is 0 Å². The quantitative estimate of drug-likeness (QED) is 0.595. The number of nitro benzene ring substituents is 1. The molecule has 106 valence electrons. The lowest BCUT2D eigenvalue weighted by Crippen LogP contribution is -2.47. The Morgan fingerprint density at radius 1 is 1.42 bits per heavy atom. The maximum absolute atomic E-state index is 11.0. The third-order valence-electron chi connectivity index (χ3n) is 3.55. The van der Waals surface area contributed by atoms with Crippen molar-refractivity contribution in [2.75, 3.05) is 6.61 Å². The predicted octanol–water partition coefficient (Wildman–Crippen LogP) is 3.00. The van der Waals surface area contributed by atoms with E-state index in [1.165, 1.54) is 6.07 Å². The van der Waals surface area contributed by atoms with Crippen molar-refractivity contribution in [3.63, 3.8) is 0 Å². The van der Waals surface area contributed by atoms with Crippen LogP contribution >= 0.6 is 15.9 Å². The maximum atomic E-state index is 11.0. The molecule has 19 heavy (non-hydrogen) atoms. The second kappa shape index (κ2) is 6.98. The third kappa shape index (κ3) is 3.99. The third-order valence-corrected chi connectivity index (χ3v) is 4.05. The Bertz CT molecular complexity index is 439. The molecule has 0 atom stereocenters. The maximum Gasteiger partial charge on any atom is 0.275 e. The molecule has 0 spiro atoms. The summed E-state index contributed by atoms with van der Waals surface area (Å²) in [4.78, 5) is 10.6. The van der Waals surface area contributed by atoms with Crippen LogP contribution in [0.15, 0.2) is 22.7 Å². The summed E-state index contributed by atoms with van der Waals surface area (Å²) in [6.45, 7) is 4.36. The van der Waals surface area contributed by atoms with Gasteiger partial charge in [0.25, 0.3) is 5.69 Å². The molecule has 5 nitrogen and oxygen atoms in total. The number of aliphatic hydroxyl groups excluding tert-OH is 1. The molecule has 0 fully saturated rings. The molecule has 1 aromatic carbocycles. The van der Waals surface area contributed by atoms with Gasteiger partial charge < -0.3 is 10.4 Å². The van der Waals surface area contributed by atoms with Gasteiger partial charge in [-0.05, 0) is 25.0 Å². The largest absolute Gasteiger partial charge is 0.394 e. The molecule has 0 saturated heterocycles. The van der Waals surface area contributed by atoms with Crippen molar-refractivity contribution in [1.29, 1.82) is 0 Å². The summed E-state index contributed by atoms with van der Waals surface area (Å²) < 4.78 is 0.683. The van der Waals surface area contributed by atoms with Crippen LogP contribution in [0.5, 0.6) is 0 Å². The zero-order valence-electron chi connectivity index (χ0n) is 11.1. The van der Waals surface area contributed by atoms with E-state index < -0.39 is 0 Å². The van der Waals surface area contributed by atoms with Crippen LogP contribution in [0.4, 0.5) is 5.69 Å². The van der Waals surface area contributed by atoms with Gasteiger partial charge in [-0.2, -0.15) is 0 Å². The lowest BCUT2D eigenvalue weighted by Gasteiger charge is -2.30. The minimum atomic E-state index is -0.389. The van der Waals surface area contributed by atoms with Crippen LogP contribution < -0.4 is 5.32 Å². The number of rotatable bonds is 7. The number of hydrogen-bond donors (Lipinski definition) is 2. The lowest BCUT2D eigenvalue weighted by atomic mass is 9.93. The second-order valence-electron chi connectivity index (χ2n) is 4.53. The van der Waals surface area contributed by atoms with E-state index in [-0.39, 0.29) is 22.8 Å². The van der Waals surface area contributed by atoms with Crippen molar-refractivity contribution >= 4 is 21.6 Å². The summed E-state index contributed by atoms with van der Waals surface area (Å²) >= 11 is 3.23. The van der Waals surface area contributed by atoms with E-state index in [4.69, 9.17) is 0 Å². The van der Waals surface area contributed by atoms with Gasteiger partial charge in [-0.3, -0.25) is 10.1 Å². The summed E-state index contributed by atoms with van der Waals surface area (Å²) in [6.07, 6.45) is 1.54. The smallest absolute Gasteiger partial charge is 0.275 e. The molecule has 1 rings (SSSR count). The van der Waals surface area contributed by atoms with E-state index in [2.05, 4.69) is 21.2 Å². The zero-order chi connectivity index (χ0) is 14.5. The number of nitrogens with one attached hydrogen (secondary N) is 1. The minimum Gasteiger partial charge on any atom is -0.394 e. The number of benzene rings is 1. The van der Waals surface area contributed by atoms with Gasteiger partial charge in [0.05, 0.1) is 11.5 Å². The van der Waals surface area contributed by atoms with E-state index in [1.54, 1.807) is 12.1 Å². The van der Waals surface area contributed by atoms with Crippen LogP contribution in [-0.2, 0) is 6.54 Å². The van der Waals surface area contributed by atoms with E-state index in [9.17, 15) is 15.2 Å². The molecule has 0 aromatic heterocycles. The van der Waals surface area contributed by atoms with Gasteiger partial charge in [0.2, 0.25) is 0 Å². The second-order valence-corrected chi connectivity index (χ2v) is 5.44. The molecular weight excluding hydrogens is 312 g/mol. The van der Waals surface area contributed by atoms with Crippen molar-refractivity contribution in [2.45, 2.75) is 38.8 Å². The van der Waals surface area contributed by atoms with Crippen LogP contribution in [0.3, 0.4) is 0 Å². The van der Waals surface area contributed by atoms with Crippen molar-refractivity contribution in [1.82, 2.24) is 5.32 Å². The Morgan fingerprint density at radius 2 is 2.05 bits per heavy atom. The van der Waals surface area contributed by atoms with Crippen molar-refractivity contribution in [3.05, 3.63) is 38.3 Å². The number of halogens is 1. The van der Waals surface area contributed by atoms with Crippen LogP contribution in [0.2, 0.25) is 0 Å². The summed E-state index contributed by atoms with van der Waals surface area (Å²) in [5.41, 5.74) is 0.329. The molecule has 1 aromatic rings. The van der Waals surface area contributed by atoms with Gasteiger partial charge in [0, 0.05) is 28.2 Å². The molecule has 0 unspecified atom stereocenters. The van der Waals surface area contributed by atoms with Crippen LogP contribution in [0.1, 0.15) is 32.3 Å². The number of nitro groups is 1. The van der Waals surface area contributed by atoms with E-state index in [0.717, 1.165) is 12.8 Å². The van der Waals surface area contributed by atoms with Crippen LogP contribution in [0, 0.1) is 10.1 Å². The fourth-order valence-corrected chi connectivity index (χ4v) is 2.27. The first-order chi connectivity index (χ1) is 8.98. The molecule has 0 heterocycles. The standard InChI is InChI=1S/C13H19BrN2O3/c1-3-13(4-2,9-17)15-8-10-5-6-11(14)7-12(10)16(18)19/h5-7,15,17H,3-4,8-9H2,1-2H3. The first-order valence-corrected chi connectivity index (χ1v) is 7.06. The SMILES string of the molecule is CCC(CC)(CO)NCc1ccc(Br)cc1[N+](=O)[O-]. The molecule has 2 N–H and O–H groups in total. The summed E-state index contributed by atoms with van der Waals surface area (Å²) in [5.74, 6) is 0. The Morgan fingerprint density at radius 3 is 2.53 bits per heavy atom. The van der Waals surface area contributed by atoms with Crippen molar-refractivity contribution < 1.29 is 10.0 Å². The minimum absolute atomic E-state index is 0.0182. The molecule has 0 bridgehead atoms. The highest BCUT2D eigenvalue weighted by Crippen LogP contribution is 2.24. The highest BCUT2D eigenvalue weighted by molar-refractivity contribution is 9.10. The topological polar surface area (TPSA) is 75.4 Å². The molecule has 0 saturated carbocycles. The fourth-order valence-electron chi connectivity index (χ4n) is 1.92. The van der Waals surface area contributed by atoms with Gasteiger partial charge in [-0.15, -0.1) is 0 Å². The van der Waals surface area contributed by atoms with Gasteiger partial charge >= 0.3 is 0 Å². The Balaban J connectivity index is 2.91. The van der Waals surface area contributed by atoms with E-state index in [1.807, 2.05) is 13.8 Å². The normalized spacial score (nSPS) is 11.6. The summed E-state index contributed by atoms with van der Waals surface area (Å²) in [6, 6.07) is 5.00. The molecular formula is C13H19BrN2O3. The fraction of sp³-hybridized carbons (Fsp3) is 0.538. The van der Waals surface area contributed by atoms with Gasteiger partial charge in [0.15, 0.2) is 0 Å². The number of hydrogen-bond acceptors (Lipinski definition) is 4. The van der Waals surface area contributed by atoms with Crippen molar-refractivity contribution in [3.8, 4) is 0 Å². The number of nitrogens with zero attached hydrogens (tertiary/aromatic N) is 1. The Hall–Kier alpha value is -0.980. The molecule has 6 heteroatoms. The van der Waals surface area contributed by atoms with Gasteiger partial charge in [-0.1, -0.05) is 29.8 Å². The van der Waals surface area contributed by atoms with Crippen LogP contribution in [-0.4, -0.2) is 22.2 Å². The average molecular weight is 331 g/mol. The highest BCUT2D eigenvalue weighted by Gasteiger charge is 2.25. The summed E-state index contributed by atoms with van der Waals surface area (Å²) in [7, 11) is 0. The Kier molecular flexibility index (Phi) is 5.90. The molecule has 0 amide bonds. The monoisotopic (exact) mass is 330 g/mol. The first-order valence-electron chi connectivity index (χ1n) is 6.26. The van der Waals surface area contributed by atoms with E-state index in [0.29, 0.717) is 16.6 Å². The zero-order valence-corrected chi connectivity index (χ0v) is 12.7. The summed E-state index contributed by atoms with van der Waals surface area (Å²) in [5, 5.41) is 23.7. The lowest BCUT2D eigenvalue weighted by molar-refractivity contribution is -0.385.